The van der Waals surface area contributed by atoms with Crippen molar-refractivity contribution < 1.29 is 4.99 Å². The van der Waals surface area contributed by atoms with Gasteiger partial charge in [0.1, 0.15) is 18.4 Å². The Labute approximate surface area is 162 Å². The van der Waals surface area contributed by atoms with Gasteiger partial charge in [-0.2, -0.15) is 5.10 Å². The zero-order valence-corrected chi connectivity index (χ0v) is 16.1. The molecule has 0 aromatic carbocycles. The average Bonchev–Trinajstić information content (AvgIpc) is 2.67. The SMILES string of the molecule is C[NH+]=CC(=CN)c1cnc2ccc(Nc3cc(C(C)C)cnn3)nc2c1Cl. The van der Waals surface area contributed by atoms with Gasteiger partial charge in [0.05, 0.1) is 22.3 Å². The van der Waals surface area contributed by atoms with Crippen LogP contribution in [0, 0.1) is 0 Å². The summed E-state index contributed by atoms with van der Waals surface area (Å²) in [4.78, 5) is 12.0. The molecular formula is C19H21ClN7+. The molecule has 4 N–H and O–H groups in total. The van der Waals surface area contributed by atoms with Gasteiger partial charge in [-0.15, -0.1) is 5.10 Å². The average molecular weight is 383 g/mol. The van der Waals surface area contributed by atoms with Crippen LogP contribution in [-0.4, -0.2) is 33.4 Å². The molecule has 0 aliphatic heterocycles. The van der Waals surface area contributed by atoms with Crippen LogP contribution in [0.2, 0.25) is 5.02 Å². The topological polar surface area (TPSA) is 104 Å². The van der Waals surface area contributed by atoms with E-state index in [4.69, 9.17) is 17.3 Å². The highest BCUT2D eigenvalue weighted by Gasteiger charge is 2.13. The lowest BCUT2D eigenvalue weighted by Crippen LogP contribution is -2.63. The maximum atomic E-state index is 6.59. The minimum absolute atomic E-state index is 0.358. The summed E-state index contributed by atoms with van der Waals surface area (Å²) in [6.45, 7) is 4.21. The second-order valence-corrected chi connectivity index (χ2v) is 6.64. The van der Waals surface area contributed by atoms with E-state index in [1.54, 1.807) is 25.7 Å². The molecule has 7 nitrogen and oxygen atoms in total. The highest BCUT2D eigenvalue weighted by Crippen LogP contribution is 2.29. The van der Waals surface area contributed by atoms with E-state index in [-0.39, 0.29) is 0 Å². The van der Waals surface area contributed by atoms with Crippen LogP contribution in [0.4, 0.5) is 11.6 Å². The highest BCUT2D eigenvalue weighted by atomic mass is 35.5. The molecule has 8 heteroatoms. The molecule has 0 amide bonds. The minimum Gasteiger partial charge on any atom is -0.404 e. The normalized spacial score (nSPS) is 12.3. The number of hydrogen-bond donors (Lipinski definition) is 3. The van der Waals surface area contributed by atoms with Crippen molar-refractivity contribution in [2.45, 2.75) is 19.8 Å². The van der Waals surface area contributed by atoms with Gasteiger partial charge in [-0.05, 0) is 29.7 Å². The molecule has 0 bridgehead atoms. The number of pyridine rings is 2. The van der Waals surface area contributed by atoms with Crippen molar-refractivity contribution in [2.75, 3.05) is 12.4 Å². The summed E-state index contributed by atoms with van der Waals surface area (Å²) in [5.41, 5.74) is 9.50. The number of allylic oxidation sites excluding steroid dienone is 1. The number of anilines is 2. The zero-order chi connectivity index (χ0) is 19.4. The molecule has 0 radical (unpaired) electrons. The fraction of sp³-hybridized carbons (Fsp3) is 0.211. The Bertz CT molecular complexity index is 1030. The summed E-state index contributed by atoms with van der Waals surface area (Å²) in [6.07, 6.45) is 6.67. The molecule has 138 valence electrons. The van der Waals surface area contributed by atoms with Gasteiger partial charge in [0.25, 0.3) is 0 Å². The number of rotatable bonds is 5. The fourth-order valence-electron chi connectivity index (χ4n) is 2.57. The molecular weight excluding hydrogens is 362 g/mol. The first-order valence-corrected chi connectivity index (χ1v) is 8.89. The molecule has 0 spiro atoms. The Hall–Kier alpha value is -3.06. The standard InChI is InChI=1S/C19H20ClN7/c1-11(2)12-6-17(27-24-9-12)25-16-5-4-15-19(26-16)18(20)14(10-23-15)13(7-21)8-22-3/h4-11H,21H2,1-3H3,(H,25,26,27)/p+1. The molecule has 27 heavy (non-hydrogen) atoms. The summed E-state index contributed by atoms with van der Waals surface area (Å²) in [7, 11) is 1.79. The highest BCUT2D eigenvalue weighted by molar-refractivity contribution is 6.37. The van der Waals surface area contributed by atoms with Gasteiger partial charge in [0.2, 0.25) is 0 Å². The summed E-state index contributed by atoms with van der Waals surface area (Å²) < 4.78 is 0. The predicted octanol–water partition coefficient (Wildman–Crippen LogP) is 2.02. The second kappa shape index (κ2) is 8.09. The largest absolute Gasteiger partial charge is 0.404 e. The number of nitrogens with one attached hydrogen (secondary N) is 2. The molecule has 0 saturated heterocycles. The molecule has 3 aromatic rings. The van der Waals surface area contributed by atoms with Crippen LogP contribution in [0.5, 0.6) is 0 Å². The first-order valence-electron chi connectivity index (χ1n) is 8.51. The minimum atomic E-state index is 0.358. The third-order valence-electron chi connectivity index (χ3n) is 4.04. The number of aromatic nitrogens is 4. The van der Waals surface area contributed by atoms with Crippen LogP contribution < -0.4 is 16.0 Å². The second-order valence-electron chi connectivity index (χ2n) is 6.26. The first kappa shape index (κ1) is 18.7. The van der Waals surface area contributed by atoms with Crippen molar-refractivity contribution in [3.63, 3.8) is 0 Å². The maximum Gasteiger partial charge on any atom is 0.171 e. The van der Waals surface area contributed by atoms with Gasteiger partial charge in [-0.25, -0.2) is 4.98 Å². The molecule has 0 atom stereocenters. The van der Waals surface area contributed by atoms with Crippen molar-refractivity contribution in [3.05, 3.63) is 52.9 Å². The summed E-state index contributed by atoms with van der Waals surface area (Å²) in [5, 5.41) is 11.8. The summed E-state index contributed by atoms with van der Waals surface area (Å²) in [6, 6.07) is 5.64. The van der Waals surface area contributed by atoms with Crippen molar-refractivity contribution in [1.29, 1.82) is 0 Å². The van der Waals surface area contributed by atoms with Crippen LogP contribution >= 0.6 is 11.6 Å². The van der Waals surface area contributed by atoms with Crippen molar-refractivity contribution in [2.24, 2.45) is 5.73 Å². The number of fused-ring (bicyclic) bond motifs is 1. The van der Waals surface area contributed by atoms with E-state index in [0.717, 1.165) is 11.1 Å². The number of hydrogen-bond acceptors (Lipinski definition) is 6. The lowest BCUT2D eigenvalue weighted by molar-refractivity contribution is -0.412. The Kier molecular flexibility index (Phi) is 5.61. The quantitative estimate of drug-likeness (QED) is 0.583. The third-order valence-corrected chi connectivity index (χ3v) is 4.42. The van der Waals surface area contributed by atoms with Crippen LogP contribution in [0.1, 0.15) is 30.9 Å². The van der Waals surface area contributed by atoms with Crippen molar-refractivity contribution in [3.8, 4) is 0 Å². The van der Waals surface area contributed by atoms with Gasteiger partial charge in [0, 0.05) is 18.0 Å². The molecule has 0 saturated carbocycles. The van der Waals surface area contributed by atoms with Crippen LogP contribution in [-0.2, 0) is 0 Å². The fourth-order valence-corrected chi connectivity index (χ4v) is 2.86. The van der Waals surface area contributed by atoms with E-state index >= 15 is 0 Å². The lowest BCUT2D eigenvalue weighted by Gasteiger charge is -2.10. The van der Waals surface area contributed by atoms with E-state index in [1.807, 2.05) is 18.2 Å². The third kappa shape index (κ3) is 4.03. The Morgan fingerprint density at radius 3 is 2.78 bits per heavy atom. The van der Waals surface area contributed by atoms with Gasteiger partial charge < -0.3 is 11.1 Å². The smallest absolute Gasteiger partial charge is 0.171 e. The number of halogens is 1. The van der Waals surface area contributed by atoms with Crippen LogP contribution in [0.3, 0.4) is 0 Å². The van der Waals surface area contributed by atoms with E-state index in [0.29, 0.717) is 39.2 Å². The molecule has 0 aliphatic rings. The Morgan fingerprint density at radius 2 is 2.07 bits per heavy atom. The maximum absolute atomic E-state index is 6.59. The zero-order valence-electron chi connectivity index (χ0n) is 15.4. The van der Waals surface area contributed by atoms with Crippen LogP contribution in [0.15, 0.2) is 36.8 Å². The van der Waals surface area contributed by atoms with E-state index < -0.39 is 0 Å². The van der Waals surface area contributed by atoms with Crippen molar-refractivity contribution in [1.82, 2.24) is 20.2 Å². The van der Waals surface area contributed by atoms with E-state index in [9.17, 15) is 0 Å². The molecule has 3 aromatic heterocycles. The Morgan fingerprint density at radius 1 is 1.26 bits per heavy atom. The monoisotopic (exact) mass is 382 g/mol. The summed E-state index contributed by atoms with van der Waals surface area (Å²) >= 11 is 6.59. The van der Waals surface area contributed by atoms with Gasteiger partial charge in [-0.3, -0.25) is 9.98 Å². The molecule has 3 heterocycles. The Balaban J connectivity index is 2.01. The van der Waals surface area contributed by atoms with E-state index in [2.05, 4.69) is 44.3 Å². The molecule has 3 rings (SSSR count). The number of nitrogens with zero attached hydrogens (tertiary/aromatic N) is 4. The van der Waals surface area contributed by atoms with Crippen molar-refractivity contribution >= 4 is 46.1 Å². The van der Waals surface area contributed by atoms with Gasteiger partial charge in [0.15, 0.2) is 12.0 Å². The van der Waals surface area contributed by atoms with Crippen LogP contribution in [0.25, 0.3) is 16.6 Å². The number of nitrogens with two attached hydrogens (primary N) is 1. The first-order chi connectivity index (χ1) is 13.0. The molecule has 0 fully saturated rings. The molecule has 0 aliphatic carbocycles. The van der Waals surface area contributed by atoms with Gasteiger partial charge in [-0.1, -0.05) is 25.4 Å². The lowest BCUT2D eigenvalue weighted by atomic mass is 10.1. The summed E-state index contributed by atoms with van der Waals surface area (Å²) in [5.74, 6) is 1.59. The predicted molar refractivity (Wildman–Crippen MR) is 109 cm³/mol. The molecule has 0 unspecified atom stereocenters. The van der Waals surface area contributed by atoms with Gasteiger partial charge >= 0.3 is 0 Å². The van der Waals surface area contributed by atoms with E-state index in [1.165, 1.54) is 6.20 Å².